The van der Waals surface area contributed by atoms with Gasteiger partial charge in [-0.25, -0.2) is 0 Å². The van der Waals surface area contributed by atoms with Crippen LogP contribution in [0, 0.1) is 20.8 Å². The summed E-state index contributed by atoms with van der Waals surface area (Å²) in [6.07, 6.45) is 1.99. The van der Waals surface area contributed by atoms with E-state index in [1.165, 1.54) is 22.3 Å². The molecule has 1 amide bonds. The molecule has 4 nitrogen and oxygen atoms in total. The van der Waals surface area contributed by atoms with E-state index in [2.05, 4.69) is 73.3 Å². The maximum Gasteiger partial charge on any atom is 0.231 e. The molecule has 1 saturated heterocycles. The van der Waals surface area contributed by atoms with Crippen LogP contribution in [-0.4, -0.2) is 46.5 Å². The average Bonchev–Trinajstić information content (AvgIpc) is 3.00. The van der Waals surface area contributed by atoms with E-state index in [1.807, 2.05) is 6.08 Å². The van der Waals surface area contributed by atoms with Gasteiger partial charge in [0.2, 0.25) is 5.91 Å². The number of aryl methyl sites for hydroxylation is 3. The molecule has 1 aliphatic heterocycles. The van der Waals surface area contributed by atoms with Gasteiger partial charge in [-0.1, -0.05) is 68.5 Å². The number of carbonyl (C=O) groups is 1. The lowest BCUT2D eigenvalue weighted by Gasteiger charge is -2.39. The number of hydrogen-bond donors (Lipinski definition) is 1. The fourth-order valence-electron chi connectivity index (χ4n) is 4.28. The van der Waals surface area contributed by atoms with E-state index in [4.69, 9.17) is 16.6 Å². The van der Waals surface area contributed by atoms with Crippen molar-refractivity contribution in [3.8, 4) is 0 Å². The number of aliphatic hydroxyl groups excluding tert-OH is 1. The van der Waals surface area contributed by atoms with Crippen LogP contribution in [0.3, 0.4) is 0 Å². The minimum atomic E-state index is -2.00. The molecule has 1 heterocycles. The number of aliphatic hydroxyl groups is 1. The van der Waals surface area contributed by atoms with Gasteiger partial charge in [-0.05, 0) is 68.4 Å². The molecule has 1 fully saturated rings. The zero-order chi connectivity index (χ0) is 25.1. The first-order valence-electron chi connectivity index (χ1n) is 11.7. The molecule has 0 bridgehead atoms. The first kappa shape index (κ1) is 28.2. The molecule has 3 atom stereocenters. The predicted molar refractivity (Wildman–Crippen MR) is 147 cm³/mol. The number of thioether (sulfide) groups is 1. The maximum atomic E-state index is 13.3. The first-order chi connectivity index (χ1) is 15.2. The quantitative estimate of drug-likeness (QED) is 0.231. The Kier molecular flexibility index (Phi) is 9.56. The summed E-state index contributed by atoms with van der Waals surface area (Å²) in [6.45, 7) is 21.1. The monoisotopic (exact) mass is 507 g/mol. The topological polar surface area (TPSA) is 49.8 Å². The molecule has 7 heteroatoms. The van der Waals surface area contributed by atoms with Crippen molar-refractivity contribution in [3.63, 3.8) is 0 Å². The molecule has 0 unspecified atom stereocenters. The van der Waals surface area contributed by atoms with Crippen molar-refractivity contribution >= 4 is 42.5 Å². The second-order valence-corrected chi connectivity index (χ2v) is 17.2. The highest BCUT2D eigenvalue weighted by atomic mass is 32.2. The Morgan fingerprint density at radius 1 is 1.33 bits per heavy atom. The molecule has 184 valence electrons. The van der Waals surface area contributed by atoms with Crippen molar-refractivity contribution in [2.75, 3.05) is 5.75 Å². The van der Waals surface area contributed by atoms with E-state index in [-0.39, 0.29) is 29.5 Å². The van der Waals surface area contributed by atoms with E-state index in [0.29, 0.717) is 17.2 Å². The highest BCUT2D eigenvalue weighted by molar-refractivity contribution is 8.23. The normalized spacial score (nSPS) is 19.0. The largest absolute Gasteiger partial charge is 0.414 e. The SMILES string of the molecule is C=CC[C@H](C[C@H](O)CC(=O)N1C(=S)SC[C@@H]1c1c(C)cc(C)cc1C)O[Si](C)(C)C(C)(C)C. The number of carbonyl (C=O) groups excluding carboxylic acids is 1. The standard InChI is InChI=1S/C26H41NO3S2Si/c1-10-11-21(30-33(8,9)26(5,6)7)14-20(28)15-23(29)27-22(16-32-25(27)31)24-18(3)12-17(2)13-19(24)4/h10,12-13,20-22,28H,1,11,14-16H2,2-9H3/t20-,21+,22+/m0/s1. The molecular formula is C26H41NO3S2Si. The number of benzene rings is 1. The van der Waals surface area contributed by atoms with Crippen LogP contribution < -0.4 is 0 Å². The van der Waals surface area contributed by atoms with E-state index in [9.17, 15) is 9.90 Å². The lowest BCUT2D eigenvalue weighted by molar-refractivity contribution is -0.130. The molecule has 0 saturated carbocycles. The third-order valence-electron chi connectivity index (χ3n) is 6.86. The van der Waals surface area contributed by atoms with Crippen LogP contribution >= 0.6 is 24.0 Å². The number of nitrogens with zero attached hydrogens (tertiary/aromatic N) is 1. The highest BCUT2D eigenvalue weighted by Crippen LogP contribution is 2.40. The molecule has 33 heavy (non-hydrogen) atoms. The Balaban J connectivity index is 2.15. The van der Waals surface area contributed by atoms with Crippen molar-refractivity contribution in [2.45, 2.75) is 97.2 Å². The maximum absolute atomic E-state index is 13.3. The van der Waals surface area contributed by atoms with Crippen LogP contribution in [0.5, 0.6) is 0 Å². The van der Waals surface area contributed by atoms with Gasteiger partial charge in [0, 0.05) is 5.75 Å². The second kappa shape index (κ2) is 11.2. The minimum absolute atomic E-state index is 0.0374. The number of hydrogen-bond acceptors (Lipinski definition) is 5. The van der Waals surface area contributed by atoms with Gasteiger partial charge < -0.3 is 9.53 Å². The van der Waals surface area contributed by atoms with Gasteiger partial charge in [0.1, 0.15) is 4.32 Å². The number of amides is 1. The molecule has 1 aromatic rings. The summed E-state index contributed by atoms with van der Waals surface area (Å²) in [5.41, 5.74) is 4.73. The summed E-state index contributed by atoms with van der Waals surface area (Å²) < 4.78 is 7.12. The Bertz CT molecular complexity index is 871. The van der Waals surface area contributed by atoms with Crippen molar-refractivity contribution in [3.05, 3.63) is 47.0 Å². The Morgan fingerprint density at radius 2 is 1.91 bits per heavy atom. The molecule has 1 aromatic carbocycles. The summed E-state index contributed by atoms with van der Waals surface area (Å²) in [6, 6.07) is 4.23. The van der Waals surface area contributed by atoms with E-state index in [0.717, 1.165) is 5.75 Å². The fourth-order valence-corrected chi connectivity index (χ4v) is 7.08. The van der Waals surface area contributed by atoms with Crippen molar-refractivity contribution in [1.82, 2.24) is 4.90 Å². The Labute approximate surface area is 211 Å². The molecular weight excluding hydrogens is 467 g/mol. The van der Waals surface area contributed by atoms with Gasteiger partial charge in [-0.3, -0.25) is 9.69 Å². The molecule has 1 aliphatic rings. The highest BCUT2D eigenvalue weighted by Gasteiger charge is 2.40. The summed E-state index contributed by atoms with van der Waals surface area (Å²) in [7, 11) is -2.00. The van der Waals surface area contributed by atoms with Crippen molar-refractivity contribution in [1.29, 1.82) is 0 Å². The summed E-state index contributed by atoms with van der Waals surface area (Å²) in [4.78, 5) is 15.1. The van der Waals surface area contributed by atoms with Gasteiger partial charge in [0.15, 0.2) is 8.32 Å². The first-order valence-corrected chi connectivity index (χ1v) is 16.0. The summed E-state index contributed by atoms with van der Waals surface area (Å²) >= 11 is 7.10. The molecule has 0 radical (unpaired) electrons. The van der Waals surface area contributed by atoms with Crippen LogP contribution in [0.1, 0.15) is 68.3 Å². The predicted octanol–water partition coefficient (Wildman–Crippen LogP) is 6.62. The van der Waals surface area contributed by atoms with Crippen molar-refractivity contribution in [2.24, 2.45) is 0 Å². The van der Waals surface area contributed by atoms with Gasteiger partial charge in [-0.15, -0.1) is 6.58 Å². The van der Waals surface area contributed by atoms with Crippen LogP contribution in [0.15, 0.2) is 24.8 Å². The molecule has 0 aromatic heterocycles. The van der Waals surface area contributed by atoms with Gasteiger partial charge in [-0.2, -0.15) is 0 Å². The van der Waals surface area contributed by atoms with E-state index >= 15 is 0 Å². The zero-order valence-corrected chi connectivity index (χ0v) is 24.2. The lowest BCUT2D eigenvalue weighted by Crippen LogP contribution is -2.45. The second-order valence-electron chi connectivity index (χ2n) is 10.8. The Hall–Kier alpha value is -0.993. The summed E-state index contributed by atoms with van der Waals surface area (Å²) in [5, 5.41) is 10.9. The number of rotatable bonds is 9. The van der Waals surface area contributed by atoms with Crippen LogP contribution in [0.2, 0.25) is 18.1 Å². The average molecular weight is 508 g/mol. The van der Waals surface area contributed by atoms with Gasteiger partial charge >= 0.3 is 0 Å². The molecule has 1 N–H and O–H groups in total. The minimum Gasteiger partial charge on any atom is -0.414 e. The van der Waals surface area contributed by atoms with Crippen molar-refractivity contribution < 1.29 is 14.3 Å². The summed E-state index contributed by atoms with van der Waals surface area (Å²) in [5.74, 6) is 0.630. The van der Waals surface area contributed by atoms with Crippen LogP contribution in [-0.2, 0) is 9.22 Å². The number of thiocarbonyl (C=S) groups is 1. The molecule has 0 aliphatic carbocycles. The Morgan fingerprint density at radius 3 is 2.42 bits per heavy atom. The van der Waals surface area contributed by atoms with Gasteiger partial charge in [0.25, 0.3) is 0 Å². The molecule has 0 spiro atoms. The van der Waals surface area contributed by atoms with Gasteiger partial charge in [0.05, 0.1) is 24.7 Å². The third-order valence-corrected chi connectivity index (χ3v) is 12.9. The van der Waals surface area contributed by atoms with E-state index < -0.39 is 14.4 Å². The zero-order valence-electron chi connectivity index (χ0n) is 21.5. The van der Waals surface area contributed by atoms with E-state index in [1.54, 1.807) is 16.7 Å². The van der Waals surface area contributed by atoms with Crippen LogP contribution in [0.4, 0.5) is 0 Å². The lowest BCUT2D eigenvalue weighted by atomic mass is 9.94. The third kappa shape index (κ3) is 7.01. The molecule has 2 rings (SSSR count). The van der Waals surface area contributed by atoms with Crippen LogP contribution in [0.25, 0.3) is 0 Å². The smallest absolute Gasteiger partial charge is 0.231 e. The fraction of sp³-hybridized carbons (Fsp3) is 0.615.